The van der Waals surface area contributed by atoms with Gasteiger partial charge in [0.15, 0.2) is 0 Å². The van der Waals surface area contributed by atoms with Crippen LogP contribution in [0.15, 0.2) is 0 Å². The molecule has 2 N–H and O–H groups in total. The van der Waals surface area contributed by atoms with E-state index >= 15 is 0 Å². The lowest BCUT2D eigenvalue weighted by Crippen LogP contribution is -2.22. The second-order valence-corrected chi connectivity index (χ2v) is 2.55. The van der Waals surface area contributed by atoms with Crippen molar-refractivity contribution in [3.8, 4) is 12.3 Å². The Kier molecular flexibility index (Phi) is 4.09. The minimum Gasteiger partial charge on any atom is -0.294 e. The highest BCUT2D eigenvalue weighted by molar-refractivity contribution is 9.09. The van der Waals surface area contributed by atoms with Crippen molar-refractivity contribution in [1.82, 2.24) is 4.72 Å². The van der Waals surface area contributed by atoms with Crippen molar-refractivity contribution < 1.29 is 8.76 Å². The standard InChI is InChI=1S/C3H4BrNO2S/c1-2-3(4)5-8(6)7/h1,3,5H,(H,6,7). The van der Waals surface area contributed by atoms with E-state index in [1.807, 2.05) is 0 Å². The van der Waals surface area contributed by atoms with E-state index in [1.54, 1.807) is 0 Å². The maximum Gasteiger partial charge on any atom is 0.233 e. The summed E-state index contributed by atoms with van der Waals surface area (Å²) < 4.78 is 20.0. The van der Waals surface area contributed by atoms with Gasteiger partial charge in [-0.15, -0.1) is 6.42 Å². The monoisotopic (exact) mass is 197 g/mol. The molecule has 3 nitrogen and oxygen atoms in total. The molecule has 46 valence electrons. The lowest BCUT2D eigenvalue weighted by molar-refractivity contribution is 0.552. The van der Waals surface area contributed by atoms with E-state index in [4.69, 9.17) is 11.0 Å². The lowest BCUT2D eigenvalue weighted by Gasteiger charge is -1.96. The van der Waals surface area contributed by atoms with Gasteiger partial charge in [0.05, 0.1) is 0 Å². The van der Waals surface area contributed by atoms with E-state index in [0.29, 0.717) is 0 Å². The first kappa shape index (κ1) is 8.11. The predicted molar refractivity (Wildman–Crippen MR) is 35.5 cm³/mol. The van der Waals surface area contributed by atoms with Crippen LogP contribution in [-0.2, 0) is 11.3 Å². The Morgan fingerprint density at radius 1 is 2.00 bits per heavy atom. The normalized spacial score (nSPS) is 16.6. The highest BCUT2D eigenvalue weighted by Crippen LogP contribution is 1.90. The number of hydrogen-bond donors (Lipinski definition) is 2. The largest absolute Gasteiger partial charge is 0.294 e. The molecule has 0 saturated carbocycles. The van der Waals surface area contributed by atoms with Crippen LogP contribution in [0.2, 0.25) is 0 Å². The van der Waals surface area contributed by atoms with Crippen LogP contribution in [0.5, 0.6) is 0 Å². The zero-order valence-electron chi connectivity index (χ0n) is 3.80. The van der Waals surface area contributed by atoms with Gasteiger partial charge in [0.2, 0.25) is 11.3 Å². The van der Waals surface area contributed by atoms with Gasteiger partial charge in [-0.05, 0) is 0 Å². The molecule has 0 saturated heterocycles. The summed E-state index contributed by atoms with van der Waals surface area (Å²) in [6.07, 6.45) is 4.82. The summed E-state index contributed by atoms with van der Waals surface area (Å²) >= 11 is 0.842. The zero-order valence-corrected chi connectivity index (χ0v) is 6.20. The van der Waals surface area contributed by atoms with E-state index < -0.39 is 16.2 Å². The number of alkyl halides is 1. The van der Waals surface area contributed by atoms with Crippen molar-refractivity contribution in [2.45, 2.75) is 4.95 Å². The Bertz CT molecular complexity index is 132. The van der Waals surface area contributed by atoms with E-state index in [1.165, 1.54) is 0 Å². The van der Waals surface area contributed by atoms with Crippen molar-refractivity contribution in [3.05, 3.63) is 0 Å². The number of halogens is 1. The molecule has 0 heterocycles. The Labute approximate surface area is 58.4 Å². The van der Waals surface area contributed by atoms with Gasteiger partial charge in [-0.25, -0.2) is 4.21 Å². The Balaban J connectivity index is 3.43. The molecule has 2 atom stereocenters. The predicted octanol–water partition coefficient (Wildman–Crippen LogP) is 0.0669. The summed E-state index contributed by atoms with van der Waals surface area (Å²) in [5, 5.41) is 0. The van der Waals surface area contributed by atoms with Crippen molar-refractivity contribution in [2.24, 2.45) is 0 Å². The highest BCUT2D eigenvalue weighted by atomic mass is 79.9. The molecule has 0 rings (SSSR count). The molecule has 0 aromatic heterocycles. The van der Waals surface area contributed by atoms with Crippen molar-refractivity contribution >= 4 is 27.2 Å². The first-order valence-electron chi connectivity index (χ1n) is 1.64. The summed E-state index contributed by atoms with van der Waals surface area (Å²) in [7, 11) is 0. The molecular weight excluding hydrogens is 194 g/mol. The van der Waals surface area contributed by atoms with Crippen molar-refractivity contribution in [3.63, 3.8) is 0 Å². The molecule has 0 spiro atoms. The van der Waals surface area contributed by atoms with Gasteiger partial charge in [-0.2, -0.15) is 4.72 Å². The lowest BCUT2D eigenvalue weighted by atomic mass is 10.7. The second kappa shape index (κ2) is 4.04. The molecule has 0 bridgehead atoms. The van der Waals surface area contributed by atoms with Crippen LogP contribution >= 0.6 is 15.9 Å². The van der Waals surface area contributed by atoms with Crippen LogP contribution in [-0.4, -0.2) is 13.7 Å². The van der Waals surface area contributed by atoms with Gasteiger partial charge < -0.3 is 0 Å². The third kappa shape index (κ3) is 4.27. The molecule has 0 aliphatic heterocycles. The van der Waals surface area contributed by atoms with Crippen LogP contribution in [0, 0.1) is 12.3 Å². The maximum absolute atomic E-state index is 9.84. The van der Waals surface area contributed by atoms with Gasteiger partial charge in [0.1, 0.15) is 4.95 Å². The molecule has 0 amide bonds. The van der Waals surface area contributed by atoms with Gasteiger partial charge >= 0.3 is 0 Å². The van der Waals surface area contributed by atoms with Crippen LogP contribution in [0.4, 0.5) is 0 Å². The minimum atomic E-state index is -2.03. The summed E-state index contributed by atoms with van der Waals surface area (Å²) in [4.78, 5) is -0.534. The maximum atomic E-state index is 9.84. The van der Waals surface area contributed by atoms with Gasteiger partial charge in [-0.1, -0.05) is 21.9 Å². The molecule has 5 heteroatoms. The van der Waals surface area contributed by atoms with Crippen LogP contribution in [0.25, 0.3) is 0 Å². The summed E-state index contributed by atoms with van der Waals surface area (Å²) in [6.45, 7) is 0. The van der Waals surface area contributed by atoms with Crippen LogP contribution in [0.1, 0.15) is 0 Å². The Morgan fingerprint density at radius 3 is 2.62 bits per heavy atom. The fraction of sp³-hybridized carbons (Fsp3) is 0.333. The second-order valence-electron chi connectivity index (χ2n) is 0.896. The zero-order chi connectivity index (χ0) is 6.57. The van der Waals surface area contributed by atoms with E-state index in [2.05, 4.69) is 26.6 Å². The third-order valence-corrected chi connectivity index (χ3v) is 1.58. The number of rotatable bonds is 2. The molecule has 0 aromatic carbocycles. The number of nitrogens with one attached hydrogen (secondary N) is 1. The number of terminal acetylenes is 1. The number of hydrogen-bond acceptors (Lipinski definition) is 1. The first-order chi connectivity index (χ1) is 3.66. The smallest absolute Gasteiger partial charge is 0.233 e. The summed E-state index contributed by atoms with van der Waals surface area (Å²) in [5.41, 5.74) is 0. The molecule has 0 fully saturated rings. The van der Waals surface area contributed by atoms with Crippen LogP contribution < -0.4 is 4.72 Å². The molecule has 2 unspecified atom stereocenters. The Hall–Kier alpha value is 0.110. The average molecular weight is 198 g/mol. The van der Waals surface area contributed by atoms with E-state index in [-0.39, 0.29) is 0 Å². The van der Waals surface area contributed by atoms with Gasteiger partial charge in [0.25, 0.3) is 0 Å². The molecule has 8 heavy (non-hydrogen) atoms. The third-order valence-electron chi connectivity index (χ3n) is 0.351. The van der Waals surface area contributed by atoms with Gasteiger partial charge in [-0.3, -0.25) is 4.55 Å². The molecule has 0 radical (unpaired) electrons. The quantitative estimate of drug-likeness (QED) is 0.285. The Morgan fingerprint density at radius 2 is 2.50 bits per heavy atom. The SMILES string of the molecule is C#CC(Br)NS(=O)O. The summed E-state index contributed by atoms with van der Waals surface area (Å²) in [6, 6.07) is 0. The summed E-state index contributed by atoms with van der Waals surface area (Å²) in [5.74, 6) is 2.15. The molecule has 0 aromatic rings. The van der Waals surface area contributed by atoms with Crippen molar-refractivity contribution in [2.75, 3.05) is 0 Å². The topological polar surface area (TPSA) is 49.3 Å². The van der Waals surface area contributed by atoms with Crippen LogP contribution in [0.3, 0.4) is 0 Å². The average Bonchev–Trinajstić information content (AvgIpc) is 1.65. The highest BCUT2D eigenvalue weighted by Gasteiger charge is 1.98. The van der Waals surface area contributed by atoms with Crippen molar-refractivity contribution in [1.29, 1.82) is 0 Å². The fourth-order valence-electron chi connectivity index (χ4n) is 0.123. The molecule has 0 aliphatic rings. The van der Waals surface area contributed by atoms with E-state index in [9.17, 15) is 4.21 Å². The minimum absolute atomic E-state index is 0.534. The molecular formula is C3H4BrNO2S. The first-order valence-corrected chi connectivity index (χ1v) is 3.66. The fourth-order valence-corrected chi connectivity index (χ4v) is 0.847. The van der Waals surface area contributed by atoms with E-state index in [0.717, 1.165) is 0 Å². The molecule has 0 aliphatic carbocycles. The van der Waals surface area contributed by atoms with Gasteiger partial charge in [0, 0.05) is 0 Å².